The SMILES string of the molecule is Nc1ccccc1-c1nnc([C@H]2CCCO2)o1. The quantitative estimate of drug-likeness (QED) is 0.802. The predicted octanol–water partition coefficient (Wildman–Crippen LogP) is 2.17. The molecule has 0 radical (unpaired) electrons. The number of anilines is 1. The van der Waals surface area contributed by atoms with Crippen molar-refractivity contribution in [3.63, 3.8) is 0 Å². The summed E-state index contributed by atoms with van der Waals surface area (Å²) in [6.07, 6.45) is 1.92. The number of benzene rings is 1. The molecule has 0 amide bonds. The van der Waals surface area contributed by atoms with Crippen LogP contribution in [0.25, 0.3) is 11.5 Å². The van der Waals surface area contributed by atoms with Crippen LogP contribution in [-0.4, -0.2) is 16.8 Å². The van der Waals surface area contributed by atoms with E-state index in [4.69, 9.17) is 14.9 Å². The van der Waals surface area contributed by atoms with Gasteiger partial charge in [0.25, 0.3) is 0 Å². The van der Waals surface area contributed by atoms with E-state index in [-0.39, 0.29) is 6.10 Å². The Bertz CT molecular complexity index is 518. The molecule has 1 aromatic carbocycles. The molecular formula is C12H13N3O2. The van der Waals surface area contributed by atoms with Crippen molar-refractivity contribution < 1.29 is 9.15 Å². The Morgan fingerprint density at radius 2 is 2.12 bits per heavy atom. The first kappa shape index (κ1) is 10.3. The lowest BCUT2D eigenvalue weighted by molar-refractivity contribution is 0.0896. The molecule has 2 N–H and O–H groups in total. The molecule has 0 bridgehead atoms. The van der Waals surface area contributed by atoms with Gasteiger partial charge in [-0.1, -0.05) is 12.1 Å². The maximum absolute atomic E-state index is 5.86. The zero-order valence-corrected chi connectivity index (χ0v) is 9.30. The number of hydrogen-bond acceptors (Lipinski definition) is 5. The second-order valence-corrected chi connectivity index (χ2v) is 4.03. The average Bonchev–Trinajstić information content (AvgIpc) is 3.00. The lowest BCUT2D eigenvalue weighted by atomic mass is 10.2. The molecule has 0 unspecified atom stereocenters. The number of nitrogen functional groups attached to an aromatic ring is 1. The van der Waals surface area contributed by atoms with Crippen molar-refractivity contribution in [2.24, 2.45) is 0 Å². The summed E-state index contributed by atoms with van der Waals surface area (Å²) in [5.74, 6) is 0.995. The summed E-state index contributed by atoms with van der Waals surface area (Å²) < 4.78 is 11.1. The molecule has 1 aromatic heterocycles. The predicted molar refractivity (Wildman–Crippen MR) is 62.1 cm³/mol. The van der Waals surface area contributed by atoms with E-state index < -0.39 is 0 Å². The highest BCUT2D eigenvalue weighted by atomic mass is 16.5. The standard InChI is InChI=1S/C12H13N3O2/c13-9-5-2-1-4-8(9)11-14-15-12(17-11)10-6-3-7-16-10/h1-2,4-5,10H,3,6-7,13H2/t10-/m1/s1. The van der Waals surface area contributed by atoms with Crippen LogP contribution in [0.15, 0.2) is 28.7 Å². The first-order chi connectivity index (χ1) is 8.34. The number of aromatic nitrogens is 2. The summed E-state index contributed by atoms with van der Waals surface area (Å²) in [6, 6.07) is 7.44. The summed E-state index contributed by atoms with van der Waals surface area (Å²) in [6.45, 7) is 0.760. The largest absolute Gasteiger partial charge is 0.418 e. The van der Waals surface area contributed by atoms with E-state index in [0.717, 1.165) is 25.0 Å². The van der Waals surface area contributed by atoms with E-state index in [1.165, 1.54) is 0 Å². The van der Waals surface area contributed by atoms with Gasteiger partial charge in [0, 0.05) is 12.3 Å². The molecule has 5 nitrogen and oxygen atoms in total. The monoisotopic (exact) mass is 231 g/mol. The third-order valence-electron chi connectivity index (χ3n) is 2.84. The zero-order chi connectivity index (χ0) is 11.7. The lowest BCUT2D eigenvalue weighted by Crippen LogP contribution is -1.95. The number of hydrogen-bond donors (Lipinski definition) is 1. The van der Waals surface area contributed by atoms with Gasteiger partial charge in [-0.25, -0.2) is 0 Å². The van der Waals surface area contributed by atoms with E-state index >= 15 is 0 Å². The average molecular weight is 231 g/mol. The fourth-order valence-corrected chi connectivity index (χ4v) is 1.94. The van der Waals surface area contributed by atoms with Gasteiger partial charge in [-0.05, 0) is 25.0 Å². The van der Waals surface area contributed by atoms with E-state index in [2.05, 4.69) is 10.2 Å². The fourth-order valence-electron chi connectivity index (χ4n) is 1.94. The first-order valence-corrected chi connectivity index (χ1v) is 5.64. The van der Waals surface area contributed by atoms with Crippen LogP contribution < -0.4 is 5.73 Å². The van der Waals surface area contributed by atoms with E-state index in [0.29, 0.717) is 17.5 Å². The van der Waals surface area contributed by atoms with Gasteiger partial charge in [0.1, 0.15) is 6.10 Å². The van der Waals surface area contributed by atoms with Crippen LogP contribution in [0.2, 0.25) is 0 Å². The van der Waals surface area contributed by atoms with Gasteiger partial charge in [0.05, 0.1) is 5.56 Å². The smallest absolute Gasteiger partial charge is 0.249 e. The molecule has 3 rings (SSSR count). The maximum atomic E-state index is 5.86. The summed E-state index contributed by atoms with van der Waals surface area (Å²) in [4.78, 5) is 0. The minimum atomic E-state index is -0.0545. The third-order valence-corrected chi connectivity index (χ3v) is 2.84. The Balaban J connectivity index is 1.92. The van der Waals surface area contributed by atoms with Crippen LogP contribution in [0.5, 0.6) is 0 Å². The molecule has 2 heterocycles. The summed E-state index contributed by atoms with van der Waals surface area (Å²) in [7, 11) is 0. The second kappa shape index (κ2) is 4.18. The van der Waals surface area contributed by atoms with Crippen molar-refractivity contribution in [1.29, 1.82) is 0 Å². The molecule has 17 heavy (non-hydrogen) atoms. The number of ether oxygens (including phenoxy) is 1. The van der Waals surface area contributed by atoms with Crippen LogP contribution in [0.1, 0.15) is 24.8 Å². The molecule has 0 aliphatic carbocycles. The van der Waals surface area contributed by atoms with Crippen molar-refractivity contribution in [3.8, 4) is 11.5 Å². The molecule has 0 spiro atoms. The van der Waals surface area contributed by atoms with Gasteiger partial charge in [-0.3, -0.25) is 0 Å². The molecule has 5 heteroatoms. The number of nitrogens with two attached hydrogens (primary N) is 1. The Morgan fingerprint density at radius 1 is 1.24 bits per heavy atom. The summed E-state index contributed by atoms with van der Waals surface area (Å²) in [5, 5.41) is 8.03. The molecule has 2 aromatic rings. The Hall–Kier alpha value is -1.88. The molecule has 0 saturated carbocycles. The Morgan fingerprint density at radius 3 is 2.88 bits per heavy atom. The van der Waals surface area contributed by atoms with Crippen LogP contribution in [0, 0.1) is 0 Å². The third kappa shape index (κ3) is 1.89. The van der Waals surface area contributed by atoms with E-state index in [1.54, 1.807) is 0 Å². The van der Waals surface area contributed by atoms with Gasteiger partial charge < -0.3 is 14.9 Å². The van der Waals surface area contributed by atoms with Crippen molar-refractivity contribution in [1.82, 2.24) is 10.2 Å². The van der Waals surface area contributed by atoms with Crippen LogP contribution in [0.4, 0.5) is 5.69 Å². The first-order valence-electron chi connectivity index (χ1n) is 5.64. The van der Waals surface area contributed by atoms with Crippen molar-refractivity contribution >= 4 is 5.69 Å². The van der Waals surface area contributed by atoms with E-state index in [9.17, 15) is 0 Å². The fraction of sp³-hybridized carbons (Fsp3) is 0.333. The summed E-state index contributed by atoms with van der Waals surface area (Å²) in [5.41, 5.74) is 7.26. The molecule has 1 aliphatic rings. The van der Waals surface area contributed by atoms with Gasteiger partial charge >= 0.3 is 0 Å². The molecule has 1 aliphatic heterocycles. The normalized spacial score (nSPS) is 19.6. The van der Waals surface area contributed by atoms with Gasteiger partial charge in [0.2, 0.25) is 11.8 Å². The van der Waals surface area contributed by atoms with Gasteiger partial charge in [-0.15, -0.1) is 10.2 Å². The number of para-hydroxylation sites is 1. The highest BCUT2D eigenvalue weighted by molar-refractivity contribution is 5.69. The second-order valence-electron chi connectivity index (χ2n) is 4.03. The van der Waals surface area contributed by atoms with Gasteiger partial charge in [-0.2, -0.15) is 0 Å². The molecule has 1 saturated heterocycles. The van der Waals surface area contributed by atoms with Crippen molar-refractivity contribution in [2.75, 3.05) is 12.3 Å². The van der Waals surface area contributed by atoms with Crippen molar-refractivity contribution in [3.05, 3.63) is 30.2 Å². The highest BCUT2D eigenvalue weighted by Gasteiger charge is 2.24. The van der Waals surface area contributed by atoms with E-state index in [1.807, 2.05) is 24.3 Å². The topological polar surface area (TPSA) is 74.2 Å². The minimum absolute atomic E-state index is 0.0545. The van der Waals surface area contributed by atoms with Gasteiger partial charge in [0.15, 0.2) is 0 Å². The van der Waals surface area contributed by atoms with Crippen LogP contribution >= 0.6 is 0 Å². The molecular weight excluding hydrogens is 218 g/mol. The number of rotatable bonds is 2. The van der Waals surface area contributed by atoms with Crippen LogP contribution in [0.3, 0.4) is 0 Å². The highest BCUT2D eigenvalue weighted by Crippen LogP contribution is 2.30. The molecule has 1 atom stereocenters. The molecule has 1 fully saturated rings. The Labute approximate surface area is 98.6 Å². The minimum Gasteiger partial charge on any atom is -0.418 e. The Kier molecular flexibility index (Phi) is 2.53. The van der Waals surface area contributed by atoms with Crippen molar-refractivity contribution in [2.45, 2.75) is 18.9 Å². The summed E-state index contributed by atoms with van der Waals surface area (Å²) >= 11 is 0. The lowest BCUT2D eigenvalue weighted by Gasteiger charge is -2.02. The zero-order valence-electron chi connectivity index (χ0n) is 9.30. The molecule has 88 valence electrons. The van der Waals surface area contributed by atoms with Crippen LogP contribution in [-0.2, 0) is 4.74 Å². The number of nitrogens with zero attached hydrogens (tertiary/aromatic N) is 2. The maximum Gasteiger partial charge on any atom is 0.249 e.